The molecule has 1 N–H and O–H groups in total. The van der Waals surface area contributed by atoms with E-state index >= 15 is 0 Å². The van der Waals surface area contributed by atoms with Crippen molar-refractivity contribution in [2.24, 2.45) is 0 Å². The van der Waals surface area contributed by atoms with Crippen LogP contribution in [0.3, 0.4) is 0 Å². The largest absolute Gasteiger partial charge is 0.456 e. The first kappa shape index (κ1) is 20.1. The lowest BCUT2D eigenvalue weighted by Gasteiger charge is -2.16. The van der Waals surface area contributed by atoms with Crippen molar-refractivity contribution in [2.75, 3.05) is 6.61 Å². The van der Waals surface area contributed by atoms with E-state index in [1.165, 1.54) is 12.8 Å². The zero-order valence-corrected chi connectivity index (χ0v) is 15.8. The summed E-state index contributed by atoms with van der Waals surface area (Å²) in [5.41, 5.74) is 2.78. The Kier molecular flexibility index (Phi) is 7.82. The van der Waals surface area contributed by atoms with Crippen LogP contribution < -0.4 is 5.32 Å². The molecule has 0 unspecified atom stereocenters. The zero-order chi connectivity index (χ0) is 18.9. The van der Waals surface area contributed by atoms with Crippen LogP contribution in [-0.2, 0) is 14.3 Å². The number of aryl methyl sites for hydroxylation is 2. The molecule has 5 nitrogen and oxygen atoms in total. The van der Waals surface area contributed by atoms with Gasteiger partial charge in [-0.25, -0.2) is 0 Å². The van der Waals surface area contributed by atoms with Gasteiger partial charge in [-0.05, 0) is 43.9 Å². The second kappa shape index (κ2) is 10.1. The van der Waals surface area contributed by atoms with Gasteiger partial charge in [0.2, 0.25) is 0 Å². The molecule has 1 aromatic carbocycles. The Morgan fingerprint density at radius 1 is 1.00 bits per heavy atom. The summed E-state index contributed by atoms with van der Waals surface area (Å²) in [6, 6.07) is 5.70. The number of amides is 1. The number of ketones is 1. The van der Waals surface area contributed by atoms with Gasteiger partial charge in [0, 0.05) is 18.0 Å². The predicted octanol–water partition coefficient (Wildman–Crippen LogP) is 3.65. The van der Waals surface area contributed by atoms with Crippen LogP contribution in [0.25, 0.3) is 0 Å². The molecule has 0 spiro atoms. The van der Waals surface area contributed by atoms with E-state index in [4.69, 9.17) is 4.74 Å². The van der Waals surface area contributed by atoms with Gasteiger partial charge in [0.25, 0.3) is 5.91 Å². The maximum Gasteiger partial charge on any atom is 0.306 e. The second-order valence-electron chi connectivity index (χ2n) is 7.14. The van der Waals surface area contributed by atoms with Crippen molar-refractivity contribution in [2.45, 2.75) is 71.3 Å². The number of nitrogens with one attached hydrogen (secondary N) is 1. The van der Waals surface area contributed by atoms with E-state index in [0.29, 0.717) is 5.56 Å². The van der Waals surface area contributed by atoms with Crippen molar-refractivity contribution in [3.8, 4) is 0 Å². The molecular formula is C21H29NO4. The normalized spacial score (nSPS) is 15.2. The highest BCUT2D eigenvalue weighted by atomic mass is 16.5. The molecule has 0 atom stereocenters. The van der Waals surface area contributed by atoms with Crippen molar-refractivity contribution in [1.29, 1.82) is 0 Å². The van der Waals surface area contributed by atoms with Crippen LogP contribution in [0.15, 0.2) is 18.2 Å². The van der Waals surface area contributed by atoms with Crippen LogP contribution >= 0.6 is 0 Å². The SMILES string of the molecule is Cc1ccc(C(=O)CCC(=O)OCC(=O)NC2CCCCCC2)cc1C. The topological polar surface area (TPSA) is 72.5 Å². The average Bonchev–Trinajstić information content (AvgIpc) is 2.88. The van der Waals surface area contributed by atoms with Crippen molar-refractivity contribution in [1.82, 2.24) is 5.32 Å². The van der Waals surface area contributed by atoms with Gasteiger partial charge in [-0.3, -0.25) is 14.4 Å². The quantitative estimate of drug-likeness (QED) is 0.458. The summed E-state index contributed by atoms with van der Waals surface area (Å²) in [4.78, 5) is 35.9. The second-order valence-corrected chi connectivity index (χ2v) is 7.14. The predicted molar refractivity (Wildman–Crippen MR) is 100 cm³/mol. The Morgan fingerprint density at radius 2 is 1.69 bits per heavy atom. The van der Waals surface area contributed by atoms with Gasteiger partial charge in [-0.1, -0.05) is 37.8 Å². The highest BCUT2D eigenvalue weighted by Crippen LogP contribution is 2.17. The van der Waals surface area contributed by atoms with Gasteiger partial charge in [0.05, 0.1) is 6.42 Å². The molecule has 26 heavy (non-hydrogen) atoms. The van der Waals surface area contributed by atoms with Crippen LogP contribution in [0, 0.1) is 13.8 Å². The fourth-order valence-electron chi connectivity index (χ4n) is 3.19. The molecule has 1 aromatic rings. The molecule has 0 aromatic heterocycles. The van der Waals surface area contributed by atoms with Crippen LogP contribution in [0.5, 0.6) is 0 Å². The van der Waals surface area contributed by atoms with E-state index in [2.05, 4.69) is 5.32 Å². The number of Topliss-reactive ketones (excluding diaryl/α,β-unsaturated/α-hetero) is 1. The minimum Gasteiger partial charge on any atom is -0.456 e. The molecule has 1 aliphatic rings. The third kappa shape index (κ3) is 6.62. The fraction of sp³-hybridized carbons (Fsp3) is 0.571. The molecule has 0 heterocycles. The molecule has 0 saturated heterocycles. The minimum absolute atomic E-state index is 0.0114. The standard InChI is InChI=1S/C21H29NO4/c1-15-9-10-17(13-16(15)2)19(23)11-12-21(25)26-14-20(24)22-18-7-5-3-4-6-8-18/h9-10,13,18H,3-8,11-12,14H2,1-2H3,(H,22,24). The molecule has 2 rings (SSSR count). The van der Waals surface area contributed by atoms with Crippen LogP contribution in [0.4, 0.5) is 0 Å². The maximum absolute atomic E-state index is 12.2. The van der Waals surface area contributed by atoms with Crippen LogP contribution in [0.1, 0.15) is 72.9 Å². The molecule has 0 bridgehead atoms. The lowest BCUT2D eigenvalue weighted by atomic mass is 10.0. The molecule has 1 aliphatic carbocycles. The number of benzene rings is 1. The number of esters is 1. The summed E-state index contributed by atoms with van der Waals surface area (Å²) >= 11 is 0. The summed E-state index contributed by atoms with van der Waals surface area (Å²) in [7, 11) is 0. The van der Waals surface area contributed by atoms with Crippen LogP contribution in [-0.4, -0.2) is 30.3 Å². The van der Waals surface area contributed by atoms with E-state index in [9.17, 15) is 14.4 Å². The summed E-state index contributed by atoms with van der Waals surface area (Å²) in [6.45, 7) is 3.67. The molecular weight excluding hydrogens is 330 g/mol. The molecule has 5 heteroatoms. The summed E-state index contributed by atoms with van der Waals surface area (Å²) in [5, 5.41) is 2.93. The van der Waals surface area contributed by atoms with Crippen molar-refractivity contribution in [3.05, 3.63) is 34.9 Å². The van der Waals surface area contributed by atoms with E-state index in [1.807, 2.05) is 26.0 Å². The van der Waals surface area contributed by atoms with E-state index < -0.39 is 5.97 Å². The van der Waals surface area contributed by atoms with Crippen molar-refractivity contribution in [3.63, 3.8) is 0 Å². The summed E-state index contributed by atoms with van der Waals surface area (Å²) < 4.78 is 5.00. The number of ether oxygens (including phenoxy) is 1. The first-order valence-electron chi connectivity index (χ1n) is 9.51. The van der Waals surface area contributed by atoms with Gasteiger partial charge in [0.1, 0.15) is 0 Å². The molecule has 1 amide bonds. The number of rotatable bonds is 7. The number of carbonyl (C=O) groups is 3. The van der Waals surface area contributed by atoms with Crippen molar-refractivity contribution < 1.29 is 19.1 Å². The number of hydrogen-bond donors (Lipinski definition) is 1. The molecule has 0 aliphatic heterocycles. The van der Waals surface area contributed by atoms with Gasteiger partial charge in [-0.2, -0.15) is 0 Å². The smallest absolute Gasteiger partial charge is 0.306 e. The van der Waals surface area contributed by atoms with E-state index in [-0.39, 0.29) is 37.2 Å². The minimum atomic E-state index is -0.516. The Bertz CT molecular complexity index is 645. The molecule has 0 radical (unpaired) electrons. The summed E-state index contributed by atoms with van der Waals surface area (Å²) in [5.74, 6) is -0.864. The van der Waals surface area contributed by atoms with Crippen molar-refractivity contribution >= 4 is 17.7 Å². The van der Waals surface area contributed by atoms with Gasteiger partial charge in [-0.15, -0.1) is 0 Å². The van der Waals surface area contributed by atoms with Gasteiger partial charge in [0.15, 0.2) is 12.4 Å². The third-order valence-electron chi connectivity index (χ3n) is 4.97. The third-order valence-corrected chi connectivity index (χ3v) is 4.97. The van der Waals surface area contributed by atoms with Gasteiger partial charge < -0.3 is 10.1 Å². The Labute approximate surface area is 155 Å². The van der Waals surface area contributed by atoms with Gasteiger partial charge >= 0.3 is 5.97 Å². The lowest BCUT2D eigenvalue weighted by molar-refractivity contribution is -0.148. The lowest BCUT2D eigenvalue weighted by Crippen LogP contribution is -2.37. The van der Waals surface area contributed by atoms with E-state index in [1.54, 1.807) is 6.07 Å². The maximum atomic E-state index is 12.2. The van der Waals surface area contributed by atoms with Crippen LogP contribution in [0.2, 0.25) is 0 Å². The average molecular weight is 359 g/mol. The Morgan fingerprint density at radius 3 is 2.35 bits per heavy atom. The first-order chi connectivity index (χ1) is 12.5. The molecule has 1 saturated carbocycles. The molecule has 1 fully saturated rings. The summed E-state index contributed by atoms with van der Waals surface area (Å²) in [6.07, 6.45) is 6.75. The zero-order valence-electron chi connectivity index (χ0n) is 15.8. The Balaban J connectivity index is 1.68. The Hall–Kier alpha value is -2.17. The fourth-order valence-corrected chi connectivity index (χ4v) is 3.19. The van der Waals surface area contributed by atoms with E-state index in [0.717, 1.165) is 36.8 Å². The highest BCUT2D eigenvalue weighted by Gasteiger charge is 2.16. The highest BCUT2D eigenvalue weighted by molar-refractivity contribution is 5.97. The number of carbonyl (C=O) groups excluding carboxylic acids is 3. The number of hydrogen-bond acceptors (Lipinski definition) is 4. The molecule has 142 valence electrons. The first-order valence-corrected chi connectivity index (χ1v) is 9.51. The monoisotopic (exact) mass is 359 g/mol.